The molecule has 5 heteroatoms. The molecule has 0 aromatic carbocycles. The van der Waals surface area contributed by atoms with Crippen molar-refractivity contribution >= 4 is 7.60 Å². The van der Waals surface area contributed by atoms with Crippen LogP contribution in [0.3, 0.4) is 0 Å². The molecule has 0 rings (SSSR count). The first-order chi connectivity index (χ1) is 7.68. The lowest BCUT2D eigenvalue weighted by Gasteiger charge is -2.18. The highest BCUT2D eigenvalue weighted by Gasteiger charge is 2.23. The Morgan fingerprint density at radius 3 is 1.88 bits per heavy atom. The molecule has 0 bridgehead atoms. The maximum Gasteiger partial charge on any atom is 0.330 e. The van der Waals surface area contributed by atoms with Crippen LogP contribution in [0.2, 0.25) is 0 Å². The van der Waals surface area contributed by atoms with Gasteiger partial charge in [0.05, 0.1) is 19.4 Å². The molecule has 0 heterocycles. The number of rotatable bonds is 11. The van der Waals surface area contributed by atoms with Crippen LogP contribution < -0.4 is 5.73 Å². The quantitative estimate of drug-likeness (QED) is 0.452. The summed E-state index contributed by atoms with van der Waals surface area (Å²) in [5.41, 5.74) is 5.41. The summed E-state index contributed by atoms with van der Waals surface area (Å²) in [6.07, 6.45) is 5.04. The van der Waals surface area contributed by atoms with Gasteiger partial charge < -0.3 is 14.8 Å². The fraction of sp³-hybridized carbons (Fsp3) is 1.00. The Morgan fingerprint density at radius 1 is 1.00 bits per heavy atom. The summed E-state index contributed by atoms with van der Waals surface area (Å²) in [5, 5.41) is 0. The Balaban J connectivity index is 3.97. The van der Waals surface area contributed by atoms with E-state index >= 15 is 0 Å². The van der Waals surface area contributed by atoms with Crippen molar-refractivity contribution in [1.29, 1.82) is 0 Å². The average molecular weight is 251 g/mol. The first kappa shape index (κ1) is 16.1. The zero-order valence-corrected chi connectivity index (χ0v) is 11.5. The maximum absolute atomic E-state index is 12.2. The van der Waals surface area contributed by atoms with E-state index in [1.807, 2.05) is 0 Å². The molecule has 4 nitrogen and oxygen atoms in total. The van der Waals surface area contributed by atoms with Crippen LogP contribution >= 0.6 is 7.60 Å². The molecule has 0 aromatic heterocycles. The van der Waals surface area contributed by atoms with E-state index in [0.717, 1.165) is 25.7 Å². The van der Waals surface area contributed by atoms with Crippen LogP contribution in [0.4, 0.5) is 0 Å². The van der Waals surface area contributed by atoms with E-state index in [-0.39, 0.29) is 0 Å². The summed E-state index contributed by atoms with van der Waals surface area (Å²) in [7, 11) is -2.88. The molecule has 0 atom stereocenters. The normalized spacial score (nSPS) is 11.9. The summed E-state index contributed by atoms with van der Waals surface area (Å²) in [6, 6.07) is 0. The van der Waals surface area contributed by atoms with Gasteiger partial charge in [0.15, 0.2) is 0 Å². The van der Waals surface area contributed by atoms with Crippen LogP contribution in [0.15, 0.2) is 0 Å². The third-order valence-corrected chi connectivity index (χ3v) is 4.22. The second-order valence-electron chi connectivity index (χ2n) is 3.85. The largest absolute Gasteiger partial charge is 0.330 e. The highest BCUT2D eigenvalue weighted by atomic mass is 31.2. The zero-order valence-electron chi connectivity index (χ0n) is 10.6. The standard InChI is InChI=1S/C11H26NO3P/c1-3-5-9-14-16(13,11-7-8-12)15-10-6-4-2/h3-12H2,1-2H3. The molecular weight excluding hydrogens is 225 g/mol. The summed E-state index contributed by atoms with van der Waals surface area (Å²) in [4.78, 5) is 0. The van der Waals surface area contributed by atoms with Gasteiger partial charge in [-0.1, -0.05) is 26.7 Å². The van der Waals surface area contributed by atoms with Gasteiger partial charge in [0.1, 0.15) is 0 Å². The summed E-state index contributed by atoms with van der Waals surface area (Å²) in [5.74, 6) is 0. The lowest BCUT2D eigenvalue weighted by molar-refractivity contribution is 0.199. The van der Waals surface area contributed by atoms with Crippen LogP contribution in [-0.2, 0) is 13.6 Å². The molecule has 0 amide bonds. The summed E-state index contributed by atoms with van der Waals surface area (Å²) < 4.78 is 23.0. The van der Waals surface area contributed by atoms with Gasteiger partial charge in [-0.05, 0) is 25.8 Å². The van der Waals surface area contributed by atoms with E-state index in [1.165, 1.54) is 0 Å². The Hall–Kier alpha value is 0.110. The highest BCUT2D eigenvalue weighted by Crippen LogP contribution is 2.48. The summed E-state index contributed by atoms with van der Waals surface area (Å²) >= 11 is 0. The van der Waals surface area contributed by atoms with Crippen molar-refractivity contribution in [3.05, 3.63) is 0 Å². The molecule has 0 saturated carbocycles. The topological polar surface area (TPSA) is 61.5 Å². The van der Waals surface area contributed by atoms with Crippen molar-refractivity contribution in [2.45, 2.75) is 46.0 Å². The van der Waals surface area contributed by atoms with Gasteiger partial charge in [0, 0.05) is 0 Å². The van der Waals surface area contributed by atoms with Crippen LogP contribution in [0.1, 0.15) is 46.0 Å². The van der Waals surface area contributed by atoms with Gasteiger partial charge in [-0.15, -0.1) is 0 Å². The fourth-order valence-electron chi connectivity index (χ4n) is 1.15. The molecule has 0 fully saturated rings. The molecule has 16 heavy (non-hydrogen) atoms. The Kier molecular flexibility index (Phi) is 10.3. The number of unbranched alkanes of at least 4 members (excludes halogenated alkanes) is 2. The molecule has 0 aliphatic carbocycles. The third-order valence-electron chi connectivity index (χ3n) is 2.21. The minimum atomic E-state index is -2.88. The van der Waals surface area contributed by atoms with Crippen molar-refractivity contribution in [2.75, 3.05) is 25.9 Å². The Bertz CT molecular complexity index is 186. The van der Waals surface area contributed by atoms with Crippen LogP contribution in [0, 0.1) is 0 Å². The van der Waals surface area contributed by atoms with Gasteiger partial charge in [0.2, 0.25) is 0 Å². The second-order valence-corrected chi connectivity index (χ2v) is 6.04. The van der Waals surface area contributed by atoms with Crippen molar-refractivity contribution in [3.63, 3.8) is 0 Å². The highest BCUT2D eigenvalue weighted by molar-refractivity contribution is 7.53. The van der Waals surface area contributed by atoms with E-state index in [0.29, 0.717) is 32.3 Å². The van der Waals surface area contributed by atoms with Crippen molar-refractivity contribution < 1.29 is 13.6 Å². The molecule has 0 radical (unpaired) electrons. The van der Waals surface area contributed by atoms with Gasteiger partial charge >= 0.3 is 7.60 Å². The van der Waals surface area contributed by atoms with E-state index in [9.17, 15) is 4.57 Å². The predicted octanol–water partition coefficient (Wildman–Crippen LogP) is 3.16. The maximum atomic E-state index is 12.2. The molecule has 0 spiro atoms. The van der Waals surface area contributed by atoms with Crippen LogP contribution in [0.5, 0.6) is 0 Å². The molecule has 2 N–H and O–H groups in total. The van der Waals surface area contributed by atoms with Gasteiger partial charge in [-0.2, -0.15) is 0 Å². The molecule has 0 aromatic rings. The number of nitrogens with two attached hydrogens (primary N) is 1. The first-order valence-electron chi connectivity index (χ1n) is 6.26. The van der Waals surface area contributed by atoms with Gasteiger partial charge in [-0.3, -0.25) is 4.57 Å². The van der Waals surface area contributed by atoms with Crippen molar-refractivity contribution in [1.82, 2.24) is 0 Å². The molecule has 98 valence electrons. The minimum absolute atomic E-state index is 0.441. The van der Waals surface area contributed by atoms with Gasteiger partial charge in [0.25, 0.3) is 0 Å². The Morgan fingerprint density at radius 2 is 1.50 bits per heavy atom. The monoisotopic (exact) mass is 251 g/mol. The zero-order chi connectivity index (χ0) is 12.3. The van der Waals surface area contributed by atoms with Crippen LogP contribution in [-0.4, -0.2) is 25.9 Å². The second kappa shape index (κ2) is 10.3. The van der Waals surface area contributed by atoms with E-state index in [1.54, 1.807) is 0 Å². The Labute approximate surface area is 99.4 Å². The van der Waals surface area contributed by atoms with E-state index in [2.05, 4.69) is 13.8 Å². The van der Waals surface area contributed by atoms with E-state index < -0.39 is 7.60 Å². The lowest BCUT2D eigenvalue weighted by Crippen LogP contribution is -2.07. The van der Waals surface area contributed by atoms with Crippen molar-refractivity contribution in [2.24, 2.45) is 5.73 Å². The smallest absolute Gasteiger partial charge is 0.330 e. The van der Waals surface area contributed by atoms with E-state index in [4.69, 9.17) is 14.8 Å². The number of hydrogen-bond acceptors (Lipinski definition) is 4. The van der Waals surface area contributed by atoms with Crippen LogP contribution in [0.25, 0.3) is 0 Å². The number of hydrogen-bond donors (Lipinski definition) is 1. The van der Waals surface area contributed by atoms with Crippen molar-refractivity contribution in [3.8, 4) is 0 Å². The minimum Gasteiger partial charge on any atom is -0.330 e. The van der Waals surface area contributed by atoms with Gasteiger partial charge in [-0.25, -0.2) is 0 Å². The molecule has 0 aliphatic rings. The SMILES string of the molecule is CCCCOP(=O)(CCCN)OCCCC. The average Bonchev–Trinajstić information content (AvgIpc) is 2.27. The predicted molar refractivity (Wildman–Crippen MR) is 67.9 cm³/mol. The molecular formula is C11H26NO3P. The first-order valence-corrected chi connectivity index (χ1v) is 7.99. The molecule has 0 unspecified atom stereocenters. The third kappa shape index (κ3) is 8.28. The molecule has 0 saturated heterocycles. The molecule has 0 aliphatic heterocycles. The fourth-order valence-corrected chi connectivity index (χ4v) is 2.86. The lowest BCUT2D eigenvalue weighted by atomic mass is 10.4. The summed E-state index contributed by atoms with van der Waals surface area (Å²) in [6.45, 7) is 5.71.